The summed E-state index contributed by atoms with van der Waals surface area (Å²) < 4.78 is 4.55. The first-order chi connectivity index (χ1) is 8.65. The normalized spacial score (nSPS) is 12.9. The van der Waals surface area contributed by atoms with Crippen molar-refractivity contribution in [2.45, 2.75) is 19.4 Å². The summed E-state index contributed by atoms with van der Waals surface area (Å²) in [5.41, 5.74) is 2.10. The van der Waals surface area contributed by atoms with Gasteiger partial charge in [0, 0.05) is 14.1 Å². The van der Waals surface area contributed by atoms with Crippen LogP contribution in [0.4, 0.5) is 0 Å². The Morgan fingerprint density at radius 2 is 2.22 bits per heavy atom. The highest BCUT2D eigenvalue weighted by atomic mass is 79.9. The van der Waals surface area contributed by atoms with Crippen LogP contribution in [0.5, 0.6) is 0 Å². The molecule has 1 unspecified atom stereocenters. The Labute approximate surface area is 115 Å². The number of nitrogens with one attached hydrogen (secondary N) is 1. The average molecular weight is 313 g/mol. The van der Waals surface area contributed by atoms with Gasteiger partial charge in [0.05, 0.1) is 30.0 Å². The molecule has 0 saturated carbocycles. The Morgan fingerprint density at radius 1 is 1.44 bits per heavy atom. The van der Waals surface area contributed by atoms with E-state index in [4.69, 9.17) is 0 Å². The number of hydrogen-bond donors (Lipinski definition) is 1. The highest BCUT2D eigenvalue weighted by Crippen LogP contribution is 2.26. The second-order valence-corrected chi connectivity index (χ2v) is 4.96. The lowest BCUT2D eigenvalue weighted by Gasteiger charge is -2.19. The molecule has 2 aromatic rings. The van der Waals surface area contributed by atoms with E-state index in [1.165, 1.54) is 0 Å². The van der Waals surface area contributed by atoms with E-state index in [1.807, 2.05) is 24.9 Å². The predicted octanol–water partition coefficient (Wildman–Crippen LogP) is 1.40. The van der Waals surface area contributed by atoms with Gasteiger partial charge in [0.2, 0.25) is 0 Å². The Kier molecular flexibility index (Phi) is 4.13. The van der Waals surface area contributed by atoms with Crippen LogP contribution < -0.4 is 5.32 Å². The first-order valence-electron chi connectivity index (χ1n) is 5.89. The van der Waals surface area contributed by atoms with Crippen LogP contribution in [-0.2, 0) is 14.1 Å². The van der Waals surface area contributed by atoms with Gasteiger partial charge in [-0.1, -0.05) is 12.1 Å². The van der Waals surface area contributed by atoms with E-state index in [9.17, 15) is 0 Å². The van der Waals surface area contributed by atoms with E-state index in [1.54, 1.807) is 11.0 Å². The van der Waals surface area contributed by atoms with Crippen molar-refractivity contribution in [1.29, 1.82) is 0 Å². The minimum Gasteiger partial charge on any atom is -0.336 e. The van der Waals surface area contributed by atoms with Crippen molar-refractivity contribution in [2.24, 2.45) is 14.1 Å². The average Bonchev–Trinajstić information content (AvgIpc) is 2.90. The monoisotopic (exact) mass is 312 g/mol. The molecule has 18 heavy (non-hydrogen) atoms. The van der Waals surface area contributed by atoms with Crippen molar-refractivity contribution in [3.8, 4) is 0 Å². The van der Waals surface area contributed by atoms with Gasteiger partial charge in [-0.3, -0.25) is 0 Å². The Balaban J connectivity index is 2.40. The maximum absolute atomic E-state index is 4.18. The molecule has 0 fully saturated rings. The van der Waals surface area contributed by atoms with Gasteiger partial charge in [0.25, 0.3) is 0 Å². The van der Waals surface area contributed by atoms with Crippen molar-refractivity contribution in [2.75, 3.05) is 6.54 Å². The zero-order valence-electron chi connectivity index (χ0n) is 10.8. The molecule has 2 aromatic heterocycles. The molecule has 1 atom stereocenters. The van der Waals surface area contributed by atoms with Gasteiger partial charge < -0.3 is 9.88 Å². The third-order valence-electron chi connectivity index (χ3n) is 2.85. The number of nitrogens with zero attached hydrogens (tertiary/aromatic N) is 5. The molecular formula is C11H17BrN6. The second-order valence-electron chi connectivity index (χ2n) is 4.21. The summed E-state index contributed by atoms with van der Waals surface area (Å²) in [4.78, 5) is 4.18. The fourth-order valence-electron chi connectivity index (χ4n) is 1.92. The predicted molar refractivity (Wildman–Crippen MR) is 72.0 cm³/mol. The number of halogens is 1. The van der Waals surface area contributed by atoms with Crippen LogP contribution in [0.25, 0.3) is 0 Å². The minimum absolute atomic E-state index is 0.0341. The molecule has 0 aromatic carbocycles. The van der Waals surface area contributed by atoms with Crippen LogP contribution >= 0.6 is 15.9 Å². The van der Waals surface area contributed by atoms with Crippen molar-refractivity contribution in [3.05, 3.63) is 28.5 Å². The van der Waals surface area contributed by atoms with E-state index in [2.05, 4.69) is 43.5 Å². The molecule has 2 rings (SSSR count). The van der Waals surface area contributed by atoms with Crippen LogP contribution in [0.15, 0.2) is 17.1 Å². The van der Waals surface area contributed by atoms with E-state index < -0.39 is 0 Å². The quantitative estimate of drug-likeness (QED) is 0.906. The van der Waals surface area contributed by atoms with Crippen LogP contribution in [0, 0.1) is 0 Å². The molecule has 0 bridgehead atoms. The van der Waals surface area contributed by atoms with E-state index >= 15 is 0 Å². The second kappa shape index (κ2) is 5.62. The third kappa shape index (κ3) is 2.46. The first kappa shape index (κ1) is 13.2. The lowest BCUT2D eigenvalue weighted by atomic mass is 10.1. The SMILES string of the molecule is CCCNC(c1cncn1C)c1c(Br)nnn1C. The van der Waals surface area contributed by atoms with Gasteiger partial charge in [-0.25, -0.2) is 9.67 Å². The Morgan fingerprint density at radius 3 is 2.72 bits per heavy atom. The first-order valence-corrected chi connectivity index (χ1v) is 6.69. The maximum Gasteiger partial charge on any atom is 0.153 e. The standard InChI is InChI=1S/C11H17BrN6/c1-4-5-14-9(8-6-13-7-17(8)2)10-11(12)15-16-18(10)3/h6-7,9,14H,4-5H2,1-3H3. The summed E-state index contributed by atoms with van der Waals surface area (Å²) >= 11 is 3.46. The van der Waals surface area contributed by atoms with Crippen molar-refractivity contribution < 1.29 is 0 Å². The summed E-state index contributed by atoms with van der Waals surface area (Å²) in [5.74, 6) is 0. The zero-order chi connectivity index (χ0) is 13.1. The summed E-state index contributed by atoms with van der Waals surface area (Å²) in [7, 11) is 3.88. The largest absolute Gasteiger partial charge is 0.336 e. The van der Waals surface area contributed by atoms with Gasteiger partial charge >= 0.3 is 0 Å². The summed E-state index contributed by atoms with van der Waals surface area (Å²) in [6.45, 7) is 3.07. The Bertz CT molecular complexity index is 498. The molecule has 0 spiro atoms. The van der Waals surface area contributed by atoms with Crippen LogP contribution in [0.1, 0.15) is 30.8 Å². The summed E-state index contributed by atoms with van der Waals surface area (Å²) in [5, 5.41) is 11.6. The van der Waals surface area contributed by atoms with E-state index in [0.717, 1.165) is 29.0 Å². The number of aryl methyl sites for hydroxylation is 2. The fraction of sp³-hybridized carbons (Fsp3) is 0.545. The smallest absolute Gasteiger partial charge is 0.153 e. The van der Waals surface area contributed by atoms with Gasteiger partial charge in [0.15, 0.2) is 4.60 Å². The van der Waals surface area contributed by atoms with Gasteiger partial charge in [-0.2, -0.15) is 0 Å². The summed E-state index contributed by atoms with van der Waals surface area (Å²) in [6.07, 6.45) is 4.73. The Hall–Kier alpha value is -1.21. The van der Waals surface area contributed by atoms with E-state index in [-0.39, 0.29) is 6.04 Å². The lowest BCUT2D eigenvalue weighted by Crippen LogP contribution is -2.27. The highest BCUT2D eigenvalue weighted by molar-refractivity contribution is 9.10. The molecule has 0 aliphatic rings. The van der Waals surface area contributed by atoms with Gasteiger partial charge in [0.1, 0.15) is 0 Å². The molecule has 0 amide bonds. The maximum atomic E-state index is 4.18. The molecule has 7 heteroatoms. The van der Waals surface area contributed by atoms with Gasteiger partial charge in [-0.15, -0.1) is 5.10 Å². The molecule has 0 saturated heterocycles. The number of rotatable bonds is 5. The topological polar surface area (TPSA) is 60.6 Å². The fourth-order valence-corrected chi connectivity index (χ4v) is 2.48. The highest BCUT2D eigenvalue weighted by Gasteiger charge is 2.23. The van der Waals surface area contributed by atoms with Crippen LogP contribution in [0.3, 0.4) is 0 Å². The number of imidazole rings is 1. The number of hydrogen-bond acceptors (Lipinski definition) is 4. The lowest BCUT2D eigenvalue weighted by molar-refractivity contribution is 0.528. The third-order valence-corrected chi connectivity index (χ3v) is 3.41. The molecular weight excluding hydrogens is 296 g/mol. The molecule has 0 aliphatic heterocycles. The van der Waals surface area contributed by atoms with Crippen molar-refractivity contribution in [1.82, 2.24) is 29.9 Å². The molecule has 98 valence electrons. The van der Waals surface area contributed by atoms with Crippen LogP contribution in [0.2, 0.25) is 0 Å². The van der Waals surface area contributed by atoms with Crippen LogP contribution in [-0.4, -0.2) is 31.1 Å². The number of aromatic nitrogens is 5. The molecule has 1 N–H and O–H groups in total. The molecule has 6 nitrogen and oxygen atoms in total. The van der Waals surface area contributed by atoms with E-state index in [0.29, 0.717) is 0 Å². The van der Waals surface area contributed by atoms with Gasteiger partial charge in [-0.05, 0) is 28.9 Å². The molecule has 2 heterocycles. The van der Waals surface area contributed by atoms with Crippen molar-refractivity contribution >= 4 is 15.9 Å². The minimum atomic E-state index is 0.0341. The zero-order valence-corrected chi connectivity index (χ0v) is 12.3. The summed E-state index contributed by atoms with van der Waals surface area (Å²) in [6, 6.07) is 0.0341. The van der Waals surface area contributed by atoms with Crippen molar-refractivity contribution in [3.63, 3.8) is 0 Å². The molecule has 0 aliphatic carbocycles. The molecule has 0 radical (unpaired) electrons.